The summed E-state index contributed by atoms with van der Waals surface area (Å²) in [7, 11) is 5.86. The molecule has 0 N–H and O–H groups in total. The van der Waals surface area contributed by atoms with Crippen molar-refractivity contribution < 1.29 is 28.7 Å². The first-order valence-electron chi connectivity index (χ1n) is 7.62. The molecule has 0 spiro atoms. The third-order valence-electron chi connectivity index (χ3n) is 3.02. The first kappa shape index (κ1) is 21.3. The Kier molecular flexibility index (Phi) is 8.16. The highest BCUT2D eigenvalue weighted by molar-refractivity contribution is 5.84. The number of rotatable bonds is 10. The average molecular weight is 333 g/mol. The van der Waals surface area contributed by atoms with Gasteiger partial charge in [-0.1, -0.05) is 20.8 Å². The van der Waals surface area contributed by atoms with E-state index in [4.69, 9.17) is 4.74 Å². The second-order valence-corrected chi connectivity index (χ2v) is 7.62. The van der Waals surface area contributed by atoms with Crippen molar-refractivity contribution >= 4 is 11.8 Å². The molecule has 0 saturated heterocycles. The summed E-state index contributed by atoms with van der Waals surface area (Å²) in [4.78, 5) is 38.2. The lowest BCUT2D eigenvalue weighted by molar-refractivity contribution is -0.873. The first-order valence-corrected chi connectivity index (χ1v) is 7.62. The number of likely N-dealkylation sites (N-methyl/N-ethyl adjacent to an activating group) is 1. The van der Waals surface area contributed by atoms with E-state index < -0.39 is 22.6 Å². The molecule has 8 nitrogen and oxygen atoms in total. The van der Waals surface area contributed by atoms with Crippen LogP contribution in [0.15, 0.2) is 0 Å². The molecule has 0 aromatic carbocycles. The number of hydrogen-bond donors (Lipinski definition) is 0. The van der Waals surface area contributed by atoms with E-state index in [1.54, 1.807) is 0 Å². The zero-order valence-electron chi connectivity index (χ0n) is 15.0. The van der Waals surface area contributed by atoms with E-state index in [9.17, 15) is 19.7 Å². The van der Waals surface area contributed by atoms with Crippen molar-refractivity contribution in [3.05, 3.63) is 10.1 Å². The molecule has 23 heavy (non-hydrogen) atoms. The molecule has 134 valence electrons. The van der Waals surface area contributed by atoms with E-state index in [-0.39, 0.29) is 31.7 Å². The number of nitrogens with zero attached hydrogens (tertiary/aromatic N) is 2. The molecule has 0 radical (unpaired) electrons. The molecule has 0 saturated carbocycles. The largest absolute Gasteiger partial charge is 0.456 e. The van der Waals surface area contributed by atoms with Crippen molar-refractivity contribution in [2.24, 2.45) is 5.41 Å². The number of carbonyl (C=O) groups excluding carboxylic acids is 2. The van der Waals surface area contributed by atoms with Crippen molar-refractivity contribution in [3.63, 3.8) is 0 Å². The van der Waals surface area contributed by atoms with Gasteiger partial charge in [0.25, 0.3) is 5.09 Å². The first-order chi connectivity index (χ1) is 10.3. The second kappa shape index (κ2) is 8.81. The number of esters is 1. The van der Waals surface area contributed by atoms with Gasteiger partial charge >= 0.3 is 5.97 Å². The van der Waals surface area contributed by atoms with Crippen LogP contribution in [0.5, 0.6) is 0 Å². The Labute approximate surface area is 137 Å². The van der Waals surface area contributed by atoms with Crippen LogP contribution in [-0.2, 0) is 19.2 Å². The zero-order chi connectivity index (χ0) is 18.3. The van der Waals surface area contributed by atoms with E-state index in [1.807, 2.05) is 41.9 Å². The lowest BCUT2D eigenvalue weighted by Gasteiger charge is -2.30. The molecule has 8 heteroatoms. The molecule has 1 atom stereocenters. The molecule has 0 aliphatic rings. The van der Waals surface area contributed by atoms with Gasteiger partial charge in [-0.25, -0.2) is 0 Å². The van der Waals surface area contributed by atoms with Gasteiger partial charge in [-0.15, -0.1) is 10.1 Å². The lowest BCUT2D eigenvalue weighted by atomic mass is 9.87. The molecule has 0 bridgehead atoms. The minimum Gasteiger partial charge on any atom is -0.456 e. The summed E-state index contributed by atoms with van der Waals surface area (Å²) in [5.74, 6) is -0.447. The molecule has 0 aromatic heterocycles. The van der Waals surface area contributed by atoms with Crippen LogP contribution in [0.25, 0.3) is 0 Å². The van der Waals surface area contributed by atoms with Crippen molar-refractivity contribution in [3.8, 4) is 0 Å². The normalized spacial score (nSPS) is 13.3. The molecule has 0 heterocycles. The molecular weight excluding hydrogens is 304 g/mol. The predicted molar refractivity (Wildman–Crippen MR) is 84.0 cm³/mol. The van der Waals surface area contributed by atoms with Crippen LogP contribution >= 0.6 is 0 Å². The van der Waals surface area contributed by atoms with E-state index in [0.29, 0.717) is 11.0 Å². The van der Waals surface area contributed by atoms with Crippen molar-refractivity contribution in [1.29, 1.82) is 0 Å². The van der Waals surface area contributed by atoms with Crippen LogP contribution in [-0.4, -0.2) is 61.7 Å². The quantitative estimate of drug-likeness (QED) is 0.198. The van der Waals surface area contributed by atoms with E-state index in [0.717, 1.165) is 0 Å². The average Bonchev–Trinajstić information content (AvgIpc) is 2.30. The molecule has 0 amide bonds. The topological polar surface area (TPSA) is 95.7 Å². The van der Waals surface area contributed by atoms with Crippen LogP contribution in [0.4, 0.5) is 0 Å². The fraction of sp³-hybridized carbons (Fsp3) is 0.867. The fourth-order valence-electron chi connectivity index (χ4n) is 1.87. The highest BCUT2D eigenvalue weighted by Crippen LogP contribution is 2.20. The summed E-state index contributed by atoms with van der Waals surface area (Å²) in [5, 5.41) is 9.13. The molecule has 0 rings (SSSR count). The molecule has 0 aliphatic heterocycles. The van der Waals surface area contributed by atoms with Crippen molar-refractivity contribution in [2.45, 2.75) is 46.1 Å². The van der Waals surface area contributed by atoms with Crippen molar-refractivity contribution in [1.82, 2.24) is 0 Å². The maximum absolute atomic E-state index is 12.2. The van der Waals surface area contributed by atoms with Crippen LogP contribution < -0.4 is 0 Å². The highest BCUT2D eigenvalue weighted by atomic mass is 16.9. The summed E-state index contributed by atoms with van der Waals surface area (Å²) in [6.45, 7) is 5.85. The smallest absolute Gasteiger partial charge is 0.306 e. The zero-order valence-corrected chi connectivity index (χ0v) is 15.0. The van der Waals surface area contributed by atoms with E-state index >= 15 is 0 Å². The maximum atomic E-state index is 12.2. The maximum Gasteiger partial charge on any atom is 0.306 e. The van der Waals surface area contributed by atoms with Crippen molar-refractivity contribution in [2.75, 3.05) is 34.3 Å². The van der Waals surface area contributed by atoms with Gasteiger partial charge in [0.2, 0.25) is 0 Å². The number of ether oxygens (including phenoxy) is 1. The fourth-order valence-corrected chi connectivity index (χ4v) is 1.87. The predicted octanol–water partition coefficient (Wildman–Crippen LogP) is 1.60. The van der Waals surface area contributed by atoms with Crippen LogP contribution in [0.2, 0.25) is 0 Å². The monoisotopic (exact) mass is 333 g/mol. The number of ketones is 1. The van der Waals surface area contributed by atoms with E-state index in [2.05, 4.69) is 4.84 Å². The number of hydrogen-bond acceptors (Lipinski definition) is 6. The van der Waals surface area contributed by atoms with Crippen LogP contribution in [0, 0.1) is 15.5 Å². The standard InChI is InChI=1S/C15H29N2O6/c1-15(2,3)13(18)10-12(11-17(4,5)6)23-14(19)8-7-9-22-16(20)21/h12H,7-11H2,1-6H3/q+1. The summed E-state index contributed by atoms with van der Waals surface area (Å²) < 4.78 is 5.95. The second-order valence-electron chi connectivity index (χ2n) is 7.62. The number of quaternary nitrogens is 1. The Morgan fingerprint density at radius 1 is 1.22 bits per heavy atom. The molecule has 0 fully saturated rings. The summed E-state index contributed by atoms with van der Waals surface area (Å²) >= 11 is 0. The Morgan fingerprint density at radius 3 is 2.22 bits per heavy atom. The Balaban J connectivity index is 4.54. The minimum absolute atomic E-state index is 0.0190. The molecule has 0 aliphatic carbocycles. The Bertz CT molecular complexity index is 423. The van der Waals surface area contributed by atoms with Gasteiger partial charge in [-0.2, -0.15) is 0 Å². The van der Waals surface area contributed by atoms with Gasteiger partial charge in [0.05, 0.1) is 27.7 Å². The number of Topliss-reactive ketones (excluding diaryl/α,β-unsaturated/α-hetero) is 1. The summed E-state index contributed by atoms with van der Waals surface area (Å²) in [6, 6.07) is 0. The minimum atomic E-state index is -0.896. The van der Waals surface area contributed by atoms with Gasteiger partial charge in [-0.05, 0) is 6.42 Å². The molecular formula is C15H29N2O6+. The van der Waals surface area contributed by atoms with Gasteiger partial charge < -0.3 is 14.1 Å². The Morgan fingerprint density at radius 2 is 1.78 bits per heavy atom. The third-order valence-corrected chi connectivity index (χ3v) is 3.02. The molecule has 1 unspecified atom stereocenters. The van der Waals surface area contributed by atoms with Gasteiger partial charge in [-0.3, -0.25) is 9.59 Å². The van der Waals surface area contributed by atoms with Gasteiger partial charge in [0, 0.05) is 18.3 Å². The van der Waals surface area contributed by atoms with Gasteiger partial charge in [0.1, 0.15) is 12.3 Å². The van der Waals surface area contributed by atoms with E-state index in [1.165, 1.54) is 0 Å². The third kappa shape index (κ3) is 11.5. The summed E-state index contributed by atoms with van der Waals surface area (Å²) in [6.07, 6.45) is -0.128. The highest BCUT2D eigenvalue weighted by Gasteiger charge is 2.29. The van der Waals surface area contributed by atoms with Crippen LogP contribution in [0.3, 0.4) is 0 Å². The number of carbonyl (C=O) groups is 2. The van der Waals surface area contributed by atoms with Gasteiger partial charge in [0.15, 0.2) is 6.10 Å². The Hall–Kier alpha value is -1.70. The summed E-state index contributed by atoms with van der Waals surface area (Å²) in [5.41, 5.74) is -0.491. The molecule has 0 aromatic rings. The SMILES string of the molecule is CC(C)(C)C(=O)CC(C[N+](C)(C)C)OC(=O)CCCO[N+](=O)[O-]. The van der Waals surface area contributed by atoms with Crippen LogP contribution in [0.1, 0.15) is 40.0 Å². The lowest BCUT2D eigenvalue weighted by Crippen LogP contribution is -2.44.